The van der Waals surface area contributed by atoms with Crippen LogP contribution in [0, 0.1) is 3.70 Å². The maximum atomic E-state index is 10.7. The highest BCUT2D eigenvalue weighted by Gasteiger charge is 2.11. The van der Waals surface area contributed by atoms with E-state index >= 15 is 0 Å². The van der Waals surface area contributed by atoms with Gasteiger partial charge in [-0.1, -0.05) is 0 Å². The van der Waals surface area contributed by atoms with Crippen LogP contribution in [0.4, 0.5) is 0 Å². The van der Waals surface area contributed by atoms with Crippen molar-refractivity contribution >= 4 is 32.6 Å². The second-order valence-electron chi connectivity index (χ2n) is 2.39. The van der Waals surface area contributed by atoms with Gasteiger partial charge in [0.2, 0.25) is 10.0 Å². The second kappa shape index (κ2) is 3.30. The number of hydrogen-bond acceptors (Lipinski definition) is 3. The Morgan fingerprint density at radius 2 is 2.33 bits per heavy atom. The number of nitrogens with zero attached hydrogens (tertiary/aromatic N) is 2. The molecule has 5 nitrogen and oxygen atoms in total. The first kappa shape index (κ1) is 9.93. The maximum absolute atomic E-state index is 10.7. The molecule has 0 unspecified atom stereocenters. The molecule has 1 heterocycles. The molecule has 0 radical (unpaired) electrons. The highest BCUT2D eigenvalue weighted by atomic mass is 127. The van der Waals surface area contributed by atoms with Gasteiger partial charge in [-0.3, -0.25) is 4.68 Å². The standard InChI is InChI=1S/C5H8IN3O2S/c1-9-5(6)4(2-8-9)3-12(7,10)11/h2H,3H2,1H3,(H2,7,10,11). The van der Waals surface area contributed by atoms with Gasteiger partial charge in [0.15, 0.2) is 0 Å². The summed E-state index contributed by atoms with van der Waals surface area (Å²) < 4.78 is 23.8. The zero-order valence-electron chi connectivity index (χ0n) is 6.36. The zero-order valence-corrected chi connectivity index (χ0v) is 9.33. The molecule has 7 heteroatoms. The third-order valence-corrected chi connectivity index (χ3v) is 3.40. The predicted molar refractivity (Wildman–Crippen MR) is 52.7 cm³/mol. The van der Waals surface area contributed by atoms with Crippen LogP contribution in [0.25, 0.3) is 0 Å². The molecule has 0 amide bonds. The first-order valence-electron chi connectivity index (χ1n) is 3.07. The highest BCUT2D eigenvalue weighted by Crippen LogP contribution is 2.12. The smallest absolute Gasteiger partial charge is 0.213 e. The third-order valence-electron chi connectivity index (χ3n) is 1.29. The van der Waals surface area contributed by atoms with E-state index in [-0.39, 0.29) is 5.75 Å². The summed E-state index contributed by atoms with van der Waals surface area (Å²) in [6.45, 7) is 0. The molecule has 0 aromatic carbocycles. The first-order chi connectivity index (χ1) is 5.40. The summed E-state index contributed by atoms with van der Waals surface area (Å²) in [7, 11) is -1.70. The zero-order chi connectivity index (χ0) is 9.35. The lowest BCUT2D eigenvalue weighted by atomic mass is 10.4. The van der Waals surface area contributed by atoms with Gasteiger partial charge >= 0.3 is 0 Å². The molecule has 0 atom stereocenters. The lowest BCUT2D eigenvalue weighted by molar-refractivity contribution is 0.597. The average molecular weight is 301 g/mol. The molecule has 1 rings (SSSR count). The predicted octanol–water partition coefficient (Wildman–Crippen LogP) is -0.187. The number of halogens is 1. The Morgan fingerprint density at radius 3 is 2.67 bits per heavy atom. The average Bonchev–Trinajstić information content (AvgIpc) is 2.16. The number of aromatic nitrogens is 2. The molecule has 1 aromatic rings. The Kier molecular flexibility index (Phi) is 2.74. The van der Waals surface area contributed by atoms with E-state index in [1.54, 1.807) is 11.7 Å². The molecule has 0 spiro atoms. The van der Waals surface area contributed by atoms with Gasteiger partial charge in [-0.05, 0) is 22.6 Å². The molecule has 0 saturated carbocycles. The van der Waals surface area contributed by atoms with Gasteiger partial charge in [-0.25, -0.2) is 13.6 Å². The minimum Gasteiger partial charge on any atom is -0.262 e. The molecule has 1 aromatic heterocycles. The van der Waals surface area contributed by atoms with E-state index in [9.17, 15) is 8.42 Å². The maximum Gasteiger partial charge on any atom is 0.213 e. The lowest BCUT2D eigenvalue weighted by Gasteiger charge is -1.96. The SMILES string of the molecule is Cn1ncc(CS(N)(=O)=O)c1I. The van der Waals surface area contributed by atoms with Crippen molar-refractivity contribution in [3.63, 3.8) is 0 Å². The number of primary sulfonamides is 1. The molecule has 2 N–H and O–H groups in total. The van der Waals surface area contributed by atoms with Crippen molar-refractivity contribution in [1.29, 1.82) is 0 Å². The van der Waals surface area contributed by atoms with Crippen LogP contribution in [0.2, 0.25) is 0 Å². The summed E-state index contributed by atoms with van der Waals surface area (Å²) in [6.07, 6.45) is 1.51. The Balaban J connectivity index is 2.99. The van der Waals surface area contributed by atoms with Crippen LogP contribution in [-0.4, -0.2) is 18.2 Å². The van der Waals surface area contributed by atoms with Crippen molar-refractivity contribution in [2.45, 2.75) is 5.75 Å². The third kappa shape index (κ3) is 2.42. The summed E-state index contributed by atoms with van der Waals surface area (Å²) in [6, 6.07) is 0. The molecule has 0 aliphatic heterocycles. The normalized spacial score (nSPS) is 11.9. The Morgan fingerprint density at radius 1 is 1.75 bits per heavy atom. The van der Waals surface area contributed by atoms with Gasteiger partial charge in [-0.2, -0.15) is 5.10 Å². The summed E-state index contributed by atoms with van der Waals surface area (Å²) >= 11 is 2.02. The molecular weight excluding hydrogens is 293 g/mol. The minimum atomic E-state index is -3.44. The minimum absolute atomic E-state index is 0.154. The van der Waals surface area contributed by atoms with Gasteiger partial charge in [0.1, 0.15) is 3.70 Å². The molecule has 0 aliphatic carbocycles. The molecule has 12 heavy (non-hydrogen) atoms. The Bertz CT molecular complexity index is 383. The van der Waals surface area contributed by atoms with E-state index < -0.39 is 10.0 Å². The van der Waals surface area contributed by atoms with Crippen molar-refractivity contribution < 1.29 is 8.42 Å². The van der Waals surface area contributed by atoms with E-state index in [0.29, 0.717) is 5.56 Å². The van der Waals surface area contributed by atoms with E-state index in [1.807, 2.05) is 22.6 Å². The number of rotatable bonds is 2. The topological polar surface area (TPSA) is 78.0 Å². The van der Waals surface area contributed by atoms with Crippen molar-refractivity contribution in [3.05, 3.63) is 15.5 Å². The van der Waals surface area contributed by atoms with Crippen molar-refractivity contribution in [3.8, 4) is 0 Å². The van der Waals surface area contributed by atoms with E-state index in [2.05, 4.69) is 5.10 Å². The van der Waals surface area contributed by atoms with Gasteiger partial charge in [-0.15, -0.1) is 0 Å². The van der Waals surface area contributed by atoms with Gasteiger partial charge in [0.25, 0.3) is 0 Å². The van der Waals surface area contributed by atoms with Crippen LogP contribution in [0.5, 0.6) is 0 Å². The van der Waals surface area contributed by atoms with Gasteiger partial charge in [0, 0.05) is 12.6 Å². The quantitative estimate of drug-likeness (QED) is 0.769. The fraction of sp³-hybridized carbons (Fsp3) is 0.400. The van der Waals surface area contributed by atoms with Crippen LogP contribution in [-0.2, 0) is 22.8 Å². The number of aryl methyl sites for hydroxylation is 1. The summed E-state index contributed by atoms with van der Waals surface area (Å²) in [5, 5.41) is 8.77. The van der Waals surface area contributed by atoms with Gasteiger partial charge in [0.05, 0.1) is 11.9 Å². The second-order valence-corrected chi connectivity index (χ2v) is 5.03. The molecule has 0 fully saturated rings. The molecule has 0 aliphatic rings. The van der Waals surface area contributed by atoms with E-state index in [4.69, 9.17) is 5.14 Å². The summed E-state index contributed by atoms with van der Waals surface area (Å²) in [5.74, 6) is -0.154. The fourth-order valence-corrected chi connectivity index (χ4v) is 2.14. The monoisotopic (exact) mass is 301 g/mol. The van der Waals surface area contributed by atoms with Crippen molar-refractivity contribution in [2.75, 3.05) is 0 Å². The lowest BCUT2D eigenvalue weighted by Crippen LogP contribution is -2.14. The van der Waals surface area contributed by atoms with Crippen LogP contribution >= 0.6 is 22.6 Å². The highest BCUT2D eigenvalue weighted by molar-refractivity contribution is 14.1. The molecule has 0 saturated heterocycles. The van der Waals surface area contributed by atoms with E-state index in [0.717, 1.165) is 3.70 Å². The fourth-order valence-electron chi connectivity index (χ4n) is 0.782. The Labute approximate surface area is 84.1 Å². The molecular formula is C5H8IN3O2S. The Hall–Kier alpha value is -0.150. The van der Waals surface area contributed by atoms with Crippen LogP contribution in [0.1, 0.15) is 5.56 Å². The summed E-state index contributed by atoms with van der Waals surface area (Å²) in [5.41, 5.74) is 0.639. The number of hydrogen-bond donors (Lipinski definition) is 1. The van der Waals surface area contributed by atoms with Crippen LogP contribution in [0.3, 0.4) is 0 Å². The van der Waals surface area contributed by atoms with E-state index in [1.165, 1.54) is 6.20 Å². The number of nitrogens with two attached hydrogens (primary N) is 1. The van der Waals surface area contributed by atoms with Crippen LogP contribution in [0.15, 0.2) is 6.20 Å². The first-order valence-corrected chi connectivity index (χ1v) is 5.86. The van der Waals surface area contributed by atoms with Crippen molar-refractivity contribution in [1.82, 2.24) is 9.78 Å². The van der Waals surface area contributed by atoms with Crippen molar-refractivity contribution in [2.24, 2.45) is 12.2 Å². The summed E-state index contributed by atoms with van der Waals surface area (Å²) in [4.78, 5) is 0. The molecule has 0 bridgehead atoms. The van der Waals surface area contributed by atoms with Crippen LogP contribution < -0.4 is 5.14 Å². The number of sulfonamides is 1. The largest absolute Gasteiger partial charge is 0.262 e. The van der Waals surface area contributed by atoms with Gasteiger partial charge < -0.3 is 0 Å². The molecule has 68 valence electrons.